The summed E-state index contributed by atoms with van der Waals surface area (Å²) in [6, 6.07) is 9.54. The van der Waals surface area contributed by atoms with Gasteiger partial charge in [-0.2, -0.15) is 23.3 Å². The van der Waals surface area contributed by atoms with E-state index in [9.17, 15) is 18.0 Å². The normalized spacial score (nSPS) is 20.2. The van der Waals surface area contributed by atoms with Crippen LogP contribution in [0.3, 0.4) is 0 Å². The second-order valence-electron chi connectivity index (χ2n) is 8.53. The Morgan fingerprint density at radius 3 is 2.86 bits per heavy atom. The molecule has 35 heavy (non-hydrogen) atoms. The van der Waals surface area contributed by atoms with Gasteiger partial charge in [0.15, 0.2) is 5.17 Å². The van der Waals surface area contributed by atoms with Crippen molar-refractivity contribution in [3.8, 4) is 0 Å². The molecule has 182 valence electrons. The largest absolute Gasteiger partial charge is 0.416 e. The number of nitrogens with one attached hydrogen (secondary N) is 1. The van der Waals surface area contributed by atoms with Gasteiger partial charge in [0.2, 0.25) is 0 Å². The lowest BCUT2D eigenvalue weighted by molar-refractivity contribution is -0.138. The molecule has 3 heterocycles. The maximum Gasteiger partial charge on any atom is 0.416 e. The van der Waals surface area contributed by atoms with Gasteiger partial charge in [0, 0.05) is 36.1 Å². The number of carbonyl (C=O) groups excluding carboxylic acids is 1. The van der Waals surface area contributed by atoms with Crippen LogP contribution >= 0.6 is 23.4 Å². The van der Waals surface area contributed by atoms with Gasteiger partial charge in [-0.05, 0) is 60.2 Å². The molecule has 0 radical (unpaired) electrons. The third-order valence-corrected chi connectivity index (χ3v) is 7.19. The van der Waals surface area contributed by atoms with Crippen LogP contribution in [0.2, 0.25) is 5.02 Å². The third-order valence-electron chi connectivity index (χ3n) is 5.91. The summed E-state index contributed by atoms with van der Waals surface area (Å²) in [4.78, 5) is 19.4. The number of aromatic nitrogens is 2. The minimum Gasteiger partial charge on any atom is -0.348 e. The number of alkyl halides is 3. The molecule has 3 aromatic rings. The fourth-order valence-electron chi connectivity index (χ4n) is 4.22. The van der Waals surface area contributed by atoms with Gasteiger partial charge in [-0.3, -0.25) is 9.48 Å². The average molecular weight is 520 g/mol. The maximum atomic E-state index is 13.5. The van der Waals surface area contributed by atoms with Crippen molar-refractivity contribution in [2.75, 3.05) is 19.6 Å². The van der Waals surface area contributed by atoms with Crippen LogP contribution < -0.4 is 5.32 Å². The number of carbonyl (C=O) groups is 1. The number of fused-ring (bicyclic) bond motifs is 1. The summed E-state index contributed by atoms with van der Waals surface area (Å²) in [5, 5.41) is 9.17. The zero-order chi connectivity index (χ0) is 24.7. The van der Waals surface area contributed by atoms with Gasteiger partial charge in [-0.1, -0.05) is 23.7 Å². The lowest BCUT2D eigenvalue weighted by Gasteiger charge is -2.32. The predicted octanol–water partition coefficient (Wildman–Crippen LogP) is 5.02. The molecule has 6 nitrogen and oxygen atoms in total. The Kier molecular flexibility index (Phi) is 6.37. The van der Waals surface area contributed by atoms with Crippen molar-refractivity contribution in [2.45, 2.75) is 25.7 Å². The molecule has 11 heteroatoms. The number of thioether (sulfide) groups is 1. The van der Waals surface area contributed by atoms with Gasteiger partial charge < -0.3 is 10.2 Å². The Morgan fingerprint density at radius 1 is 1.26 bits per heavy atom. The van der Waals surface area contributed by atoms with Gasteiger partial charge in [0.25, 0.3) is 5.91 Å². The fraction of sp³-hybridized carbons (Fsp3) is 0.292. The topological polar surface area (TPSA) is 62.5 Å². The van der Waals surface area contributed by atoms with Crippen LogP contribution in [0.5, 0.6) is 0 Å². The van der Waals surface area contributed by atoms with E-state index in [4.69, 9.17) is 11.6 Å². The lowest BCUT2D eigenvalue weighted by Crippen LogP contribution is -2.50. The molecule has 1 amide bonds. The standard InChI is InChI=1S/C24H21ClF3N5OS/c1-14-12-32(7-6-29-14)23-31-22(34)21(35-23)9-15-2-5-20-17(8-15)11-30-33(20)13-16-3-4-18(25)10-19(16)24(26,27)28/h2-5,8-11,14,29H,6-7,12-13H2,1H3/b21-9-/t14-/m0/s1. The molecular weight excluding hydrogens is 499 g/mol. The smallest absolute Gasteiger partial charge is 0.348 e. The molecule has 0 spiro atoms. The van der Waals surface area contributed by atoms with Crippen LogP contribution in [-0.2, 0) is 17.5 Å². The number of hydrogen-bond donors (Lipinski definition) is 1. The van der Waals surface area contributed by atoms with Gasteiger partial charge in [0.05, 0.1) is 28.7 Å². The molecule has 1 saturated heterocycles. The summed E-state index contributed by atoms with van der Waals surface area (Å²) in [7, 11) is 0. The van der Waals surface area contributed by atoms with E-state index in [-0.39, 0.29) is 23.0 Å². The highest BCUT2D eigenvalue weighted by Gasteiger charge is 2.34. The highest BCUT2D eigenvalue weighted by atomic mass is 35.5. The summed E-state index contributed by atoms with van der Waals surface area (Å²) in [5.74, 6) is -0.269. The molecule has 0 aliphatic carbocycles. The van der Waals surface area contributed by atoms with Crippen molar-refractivity contribution in [2.24, 2.45) is 4.99 Å². The van der Waals surface area contributed by atoms with Crippen LogP contribution in [0.25, 0.3) is 17.0 Å². The van der Waals surface area contributed by atoms with Crippen molar-refractivity contribution in [3.63, 3.8) is 0 Å². The van der Waals surface area contributed by atoms with E-state index in [0.29, 0.717) is 21.6 Å². The minimum absolute atomic E-state index is 0.0296. The third kappa shape index (κ3) is 5.10. The molecule has 0 unspecified atom stereocenters. The molecule has 2 aliphatic rings. The van der Waals surface area contributed by atoms with Gasteiger partial charge in [0.1, 0.15) is 0 Å². The van der Waals surface area contributed by atoms with Crippen LogP contribution in [-0.4, -0.2) is 51.4 Å². The van der Waals surface area contributed by atoms with Crippen molar-refractivity contribution in [3.05, 3.63) is 69.2 Å². The quantitative estimate of drug-likeness (QED) is 0.492. The molecule has 2 aliphatic heterocycles. The number of hydrogen-bond acceptors (Lipinski definition) is 5. The molecule has 1 aromatic heterocycles. The SMILES string of the molecule is C[C@H]1CN(C2=NC(=O)/C(=C/c3ccc4c(cnn4Cc4ccc(Cl)cc4C(F)(F)F)c3)S2)CCN1. The molecule has 5 rings (SSSR count). The Bertz CT molecular complexity index is 1370. The van der Waals surface area contributed by atoms with Crippen molar-refractivity contribution < 1.29 is 18.0 Å². The Morgan fingerprint density at radius 2 is 2.09 bits per heavy atom. The molecular formula is C24H21ClF3N5OS. The van der Waals surface area contributed by atoms with E-state index in [1.807, 2.05) is 12.1 Å². The van der Waals surface area contributed by atoms with Gasteiger partial charge in [-0.25, -0.2) is 0 Å². The van der Waals surface area contributed by atoms with E-state index in [2.05, 4.69) is 27.2 Å². The van der Waals surface area contributed by atoms with Gasteiger partial charge in [-0.15, -0.1) is 0 Å². The van der Waals surface area contributed by atoms with E-state index >= 15 is 0 Å². The van der Waals surface area contributed by atoms with Crippen molar-refractivity contribution in [1.29, 1.82) is 0 Å². The molecule has 0 bridgehead atoms. The van der Waals surface area contributed by atoms with Gasteiger partial charge >= 0.3 is 6.18 Å². The summed E-state index contributed by atoms with van der Waals surface area (Å²) < 4.78 is 41.9. The number of amidine groups is 1. The second-order valence-corrected chi connectivity index (χ2v) is 9.98. The highest BCUT2D eigenvalue weighted by molar-refractivity contribution is 8.18. The van der Waals surface area contributed by atoms with E-state index < -0.39 is 11.7 Å². The Labute approximate surface area is 208 Å². The predicted molar refractivity (Wildman–Crippen MR) is 132 cm³/mol. The summed E-state index contributed by atoms with van der Waals surface area (Å²) in [6.07, 6.45) is -1.13. The summed E-state index contributed by atoms with van der Waals surface area (Å²) in [5.41, 5.74) is 0.785. The first kappa shape index (κ1) is 23.9. The summed E-state index contributed by atoms with van der Waals surface area (Å²) >= 11 is 7.15. The minimum atomic E-state index is -4.52. The zero-order valence-corrected chi connectivity index (χ0v) is 20.2. The number of rotatable bonds is 3. The number of piperazine rings is 1. The highest BCUT2D eigenvalue weighted by Crippen LogP contribution is 2.35. The number of benzene rings is 2. The molecule has 1 N–H and O–H groups in total. The number of aliphatic imine (C=N–C) groups is 1. The van der Waals surface area contributed by atoms with Crippen LogP contribution in [0.4, 0.5) is 13.2 Å². The van der Waals surface area contributed by atoms with Crippen LogP contribution in [0.15, 0.2) is 52.5 Å². The van der Waals surface area contributed by atoms with Crippen LogP contribution in [0, 0.1) is 0 Å². The first-order chi connectivity index (χ1) is 16.7. The second kappa shape index (κ2) is 9.33. The maximum absolute atomic E-state index is 13.5. The lowest BCUT2D eigenvalue weighted by atomic mass is 10.1. The van der Waals surface area contributed by atoms with E-state index in [1.54, 1.807) is 18.3 Å². The Hall–Kier alpha value is -2.82. The van der Waals surface area contributed by atoms with Crippen molar-refractivity contribution in [1.82, 2.24) is 20.0 Å². The molecule has 0 saturated carbocycles. The number of halogens is 4. The Balaban J connectivity index is 1.37. The average Bonchev–Trinajstić information content (AvgIpc) is 3.37. The van der Waals surface area contributed by atoms with Crippen molar-refractivity contribution >= 4 is 51.4 Å². The van der Waals surface area contributed by atoms with E-state index in [1.165, 1.54) is 28.6 Å². The first-order valence-corrected chi connectivity index (χ1v) is 12.2. The summed E-state index contributed by atoms with van der Waals surface area (Å²) in [6.45, 7) is 4.48. The number of amides is 1. The van der Waals surface area contributed by atoms with Crippen LogP contribution in [0.1, 0.15) is 23.6 Å². The zero-order valence-electron chi connectivity index (χ0n) is 18.6. The molecule has 1 fully saturated rings. The van der Waals surface area contributed by atoms with E-state index in [0.717, 1.165) is 36.7 Å². The number of nitrogens with zero attached hydrogens (tertiary/aromatic N) is 4. The first-order valence-electron chi connectivity index (χ1n) is 11.0. The molecule has 2 aromatic carbocycles. The fourth-order valence-corrected chi connectivity index (χ4v) is 5.34. The monoisotopic (exact) mass is 519 g/mol. The molecule has 1 atom stereocenters.